The molecule has 166 valence electrons. The number of fused-ring (bicyclic) bond motifs is 5. The van der Waals surface area contributed by atoms with E-state index >= 15 is 0 Å². The van der Waals surface area contributed by atoms with Crippen LogP contribution in [0.5, 0.6) is 0 Å². The molecule has 2 N–H and O–H groups in total. The summed E-state index contributed by atoms with van der Waals surface area (Å²) in [4.78, 5) is 11.6. The van der Waals surface area contributed by atoms with Crippen molar-refractivity contribution in [2.75, 3.05) is 7.11 Å². The number of carbonyl (C=O) groups excluding carboxylic acids is 1. The molecule has 0 radical (unpaired) electrons. The molecule has 29 heavy (non-hydrogen) atoms. The molecular formula is C25H42O4. The first-order valence-electron chi connectivity index (χ1n) is 12.1. The third-order valence-corrected chi connectivity index (χ3v) is 10.5. The zero-order valence-electron chi connectivity index (χ0n) is 18.9. The van der Waals surface area contributed by atoms with Crippen molar-refractivity contribution in [3.63, 3.8) is 0 Å². The fourth-order valence-corrected chi connectivity index (χ4v) is 8.92. The number of rotatable bonds is 4. The second-order valence-electron chi connectivity index (χ2n) is 11.5. The van der Waals surface area contributed by atoms with Gasteiger partial charge in [0.05, 0.1) is 19.3 Å². The third-order valence-electron chi connectivity index (χ3n) is 10.5. The summed E-state index contributed by atoms with van der Waals surface area (Å²) in [6, 6.07) is 0. The fourth-order valence-electron chi connectivity index (χ4n) is 8.92. The van der Waals surface area contributed by atoms with Gasteiger partial charge >= 0.3 is 5.97 Å². The Bertz CT molecular complexity index is 620. The predicted octanol–water partition coefficient (Wildman–Crippen LogP) is 4.57. The van der Waals surface area contributed by atoms with Gasteiger partial charge in [0.1, 0.15) is 0 Å². The van der Waals surface area contributed by atoms with E-state index in [1.807, 2.05) is 0 Å². The summed E-state index contributed by atoms with van der Waals surface area (Å²) in [6.45, 7) is 7.23. The molecule has 0 aliphatic heterocycles. The molecule has 0 spiro atoms. The van der Waals surface area contributed by atoms with Crippen molar-refractivity contribution in [2.45, 2.75) is 97.2 Å². The molecule has 0 heterocycles. The smallest absolute Gasteiger partial charge is 0.305 e. The Labute approximate surface area is 176 Å². The van der Waals surface area contributed by atoms with E-state index < -0.39 is 0 Å². The molecular weight excluding hydrogens is 364 g/mol. The van der Waals surface area contributed by atoms with E-state index in [4.69, 9.17) is 4.74 Å². The standard InChI is InChI=1S/C25H42O4/c1-15(5-10-23(28)29-4)19-8-9-20-18-7-6-16-13-17(26)14-22(27)25(16,3)21(18)11-12-24(19,20)2/h15-22,26-27H,5-14H2,1-4H3/t15-,16-,17+,18+,19+,20+,21+,22+,24-,25+/m1/s1. The van der Waals surface area contributed by atoms with E-state index in [9.17, 15) is 15.0 Å². The number of methoxy groups -OCH3 is 1. The Hall–Kier alpha value is -0.610. The minimum atomic E-state index is -0.357. The number of hydrogen-bond donors (Lipinski definition) is 2. The first-order valence-corrected chi connectivity index (χ1v) is 12.1. The number of aliphatic hydroxyl groups excluding tert-OH is 2. The van der Waals surface area contributed by atoms with E-state index in [2.05, 4.69) is 20.8 Å². The first kappa shape index (κ1) is 21.6. The van der Waals surface area contributed by atoms with Gasteiger partial charge in [0.2, 0.25) is 0 Å². The highest BCUT2D eigenvalue weighted by Gasteiger charge is 2.62. The fraction of sp³-hybridized carbons (Fsp3) is 0.960. The number of hydrogen-bond acceptors (Lipinski definition) is 4. The molecule has 4 nitrogen and oxygen atoms in total. The van der Waals surface area contributed by atoms with Crippen LogP contribution in [0.1, 0.15) is 85.0 Å². The topological polar surface area (TPSA) is 66.8 Å². The Kier molecular flexibility index (Phi) is 5.83. The molecule has 4 heteroatoms. The van der Waals surface area contributed by atoms with Crippen LogP contribution in [-0.4, -0.2) is 35.5 Å². The van der Waals surface area contributed by atoms with Crippen LogP contribution in [0, 0.1) is 46.3 Å². The average molecular weight is 407 g/mol. The normalized spacial score (nSPS) is 50.2. The number of aliphatic hydroxyl groups is 2. The van der Waals surface area contributed by atoms with Crippen molar-refractivity contribution in [2.24, 2.45) is 46.3 Å². The average Bonchev–Trinajstić information content (AvgIpc) is 3.04. The van der Waals surface area contributed by atoms with Crippen LogP contribution in [0.3, 0.4) is 0 Å². The van der Waals surface area contributed by atoms with Gasteiger partial charge in [0, 0.05) is 6.42 Å². The van der Waals surface area contributed by atoms with Crippen LogP contribution >= 0.6 is 0 Å². The second-order valence-corrected chi connectivity index (χ2v) is 11.5. The highest BCUT2D eigenvalue weighted by molar-refractivity contribution is 5.69. The van der Waals surface area contributed by atoms with E-state index in [1.165, 1.54) is 45.6 Å². The summed E-state index contributed by atoms with van der Waals surface area (Å²) >= 11 is 0. The predicted molar refractivity (Wildman–Crippen MR) is 113 cm³/mol. The molecule has 0 aromatic rings. The largest absolute Gasteiger partial charge is 0.469 e. The maximum Gasteiger partial charge on any atom is 0.305 e. The van der Waals surface area contributed by atoms with E-state index in [0.717, 1.165) is 24.7 Å². The summed E-state index contributed by atoms with van der Waals surface area (Å²) in [7, 11) is 1.48. The number of esters is 1. The van der Waals surface area contributed by atoms with Gasteiger partial charge in [-0.05, 0) is 104 Å². The molecule has 0 aromatic heterocycles. The zero-order valence-corrected chi connectivity index (χ0v) is 18.9. The Morgan fingerprint density at radius 3 is 2.55 bits per heavy atom. The molecule has 4 rings (SSSR count). The third kappa shape index (κ3) is 3.37. The van der Waals surface area contributed by atoms with E-state index in [-0.39, 0.29) is 23.6 Å². The molecule has 4 fully saturated rings. The van der Waals surface area contributed by atoms with Crippen molar-refractivity contribution in [3.05, 3.63) is 0 Å². The molecule has 4 aliphatic rings. The SMILES string of the molecule is COC(=O)CC[C@@H](C)[C@@H]1CC[C@H]2[C@@H]3CC[C@@H]4C[C@H](O)C[C@H](O)[C@]4(C)[C@H]3CC[C@@]21C. The summed E-state index contributed by atoms with van der Waals surface area (Å²) in [5.41, 5.74) is 0.358. The summed E-state index contributed by atoms with van der Waals surface area (Å²) < 4.78 is 4.86. The van der Waals surface area contributed by atoms with Crippen molar-refractivity contribution in [3.8, 4) is 0 Å². The molecule has 4 aliphatic carbocycles. The summed E-state index contributed by atoms with van der Waals surface area (Å²) in [6.07, 6.45) is 9.75. The van der Waals surface area contributed by atoms with Gasteiger partial charge < -0.3 is 14.9 Å². The summed E-state index contributed by atoms with van der Waals surface area (Å²) in [5.74, 6) is 3.72. The zero-order chi connectivity index (χ0) is 21.0. The highest BCUT2D eigenvalue weighted by atomic mass is 16.5. The van der Waals surface area contributed by atoms with Gasteiger partial charge in [0.15, 0.2) is 0 Å². The number of ether oxygens (including phenoxy) is 1. The minimum absolute atomic E-state index is 0.0158. The van der Waals surface area contributed by atoms with Crippen molar-refractivity contribution >= 4 is 5.97 Å². The van der Waals surface area contributed by atoms with Gasteiger partial charge in [-0.25, -0.2) is 0 Å². The Balaban J connectivity index is 1.51. The summed E-state index contributed by atoms with van der Waals surface area (Å²) in [5, 5.41) is 21.3. The van der Waals surface area contributed by atoms with E-state index in [1.54, 1.807) is 0 Å². The lowest BCUT2D eigenvalue weighted by Gasteiger charge is -2.62. The van der Waals surface area contributed by atoms with Crippen LogP contribution in [0.25, 0.3) is 0 Å². The lowest BCUT2D eigenvalue weighted by molar-refractivity contribution is -0.182. The first-order chi connectivity index (χ1) is 13.7. The van der Waals surface area contributed by atoms with Crippen LogP contribution in [-0.2, 0) is 9.53 Å². The minimum Gasteiger partial charge on any atom is -0.469 e. The van der Waals surface area contributed by atoms with Crippen LogP contribution in [0.15, 0.2) is 0 Å². The molecule has 4 saturated carbocycles. The quantitative estimate of drug-likeness (QED) is 0.671. The van der Waals surface area contributed by atoms with E-state index in [0.29, 0.717) is 41.9 Å². The second kappa shape index (κ2) is 7.82. The number of carbonyl (C=O) groups is 1. The molecule has 0 saturated heterocycles. The van der Waals surface area contributed by atoms with Crippen LogP contribution in [0.2, 0.25) is 0 Å². The lowest BCUT2D eigenvalue weighted by Crippen LogP contribution is -2.59. The van der Waals surface area contributed by atoms with Crippen molar-refractivity contribution in [1.29, 1.82) is 0 Å². The maximum atomic E-state index is 11.6. The van der Waals surface area contributed by atoms with Crippen molar-refractivity contribution < 1.29 is 19.7 Å². The van der Waals surface area contributed by atoms with Gasteiger partial charge in [-0.2, -0.15) is 0 Å². The highest BCUT2D eigenvalue weighted by Crippen LogP contribution is 2.68. The van der Waals surface area contributed by atoms with Gasteiger partial charge in [0.25, 0.3) is 0 Å². The molecule has 0 amide bonds. The Morgan fingerprint density at radius 1 is 1.07 bits per heavy atom. The molecule has 0 aromatic carbocycles. The molecule has 10 atom stereocenters. The van der Waals surface area contributed by atoms with Gasteiger partial charge in [-0.3, -0.25) is 4.79 Å². The van der Waals surface area contributed by atoms with Crippen molar-refractivity contribution in [1.82, 2.24) is 0 Å². The maximum absolute atomic E-state index is 11.6. The lowest BCUT2D eigenvalue weighted by atomic mass is 9.43. The Morgan fingerprint density at radius 2 is 1.83 bits per heavy atom. The van der Waals surface area contributed by atoms with Gasteiger partial charge in [-0.1, -0.05) is 20.8 Å². The van der Waals surface area contributed by atoms with Gasteiger partial charge in [-0.15, -0.1) is 0 Å². The monoisotopic (exact) mass is 406 g/mol. The molecule has 0 unspecified atom stereocenters. The molecule has 0 bridgehead atoms. The van der Waals surface area contributed by atoms with Crippen LogP contribution in [0.4, 0.5) is 0 Å². The van der Waals surface area contributed by atoms with Crippen LogP contribution < -0.4 is 0 Å².